The number of aromatic carboxylic acids is 1. The molecular weight excluding hydrogens is 239 g/mol. The maximum Gasteiger partial charge on any atom is 0.357 e. The molecule has 6 heteroatoms. The Kier molecular flexibility index (Phi) is 2.29. The number of ether oxygens (including phenoxy) is 1. The smallest absolute Gasteiger partial charge is 0.357 e. The topological polar surface area (TPSA) is 64.3 Å². The first-order chi connectivity index (χ1) is 8.68. The monoisotopic (exact) mass is 248 g/mol. The lowest BCUT2D eigenvalue weighted by molar-refractivity contribution is 0.0690. The third-order valence-electron chi connectivity index (χ3n) is 2.79. The Bertz CT molecular complexity index is 636. The van der Waals surface area contributed by atoms with Crippen LogP contribution in [0.4, 0.5) is 4.39 Å². The molecule has 1 aliphatic heterocycles. The summed E-state index contributed by atoms with van der Waals surface area (Å²) >= 11 is 0. The van der Waals surface area contributed by atoms with Crippen molar-refractivity contribution in [2.75, 3.05) is 6.61 Å². The van der Waals surface area contributed by atoms with Crippen molar-refractivity contribution in [3.05, 3.63) is 35.8 Å². The Morgan fingerprint density at radius 3 is 2.94 bits per heavy atom. The highest BCUT2D eigenvalue weighted by Crippen LogP contribution is 2.37. The SMILES string of the molecule is O=C(O)c1nn2c(c1-c1ccccc1F)OCC2. The van der Waals surface area contributed by atoms with Crippen molar-refractivity contribution < 1.29 is 19.0 Å². The first-order valence-electron chi connectivity index (χ1n) is 5.40. The molecule has 0 spiro atoms. The number of fused-ring (bicyclic) bond motifs is 1. The molecule has 18 heavy (non-hydrogen) atoms. The number of hydrogen-bond acceptors (Lipinski definition) is 3. The molecule has 0 saturated carbocycles. The van der Waals surface area contributed by atoms with Gasteiger partial charge in [0.1, 0.15) is 12.4 Å². The lowest BCUT2D eigenvalue weighted by atomic mass is 10.1. The second kappa shape index (κ2) is 3.83. The number of carbonyl (C=O) groups is 1. The van der Waals surface area contributed by atoms with Crippen LogP contribution in [0.5, 0.6) is 5.88 Å². The van der Waals surface area contributed by atoms with Crippen molar-refractivity contribution in [2.24, 2.45) is 0 Å². The highest BCUT2D eigenvalue weighted by Gasteiger charge is 2.29. The molecule has 0 amide bonds. The molecule has 1 aromatic heterocycles. The van der Waals surface area contributed by atoms with Crippen molar-refractivity contribution in [3.8, 4) is 17.0 Å². The summed E-state index contributed by atoms with van der Waals surface area (Å²) in [4.78, 5) is 11.2. The predicted molar refractivity (Wildman–Crippen MR) is 60.1 cm³/mol. The number of halogens is 1. The number of carboxylic acid groups (broad SMARTS) is 1. The van der Waals surface area contributed by atoms with Crippen LogP contribution in [-0.4, -0.2) is 27.5 Å². The van der Waals surface area contributed by atoms with E-state index in [9.17, 15) is 9.18 Å². The summed E-state index contributed by atoms with van der Waals surface area (Å²) in [5, 5.41) is 13.1. The lowest BCUT2D eigenvalue weighted by Gasteiger charge is -2.04. The van der Waals surface area contributed by atoms with Crippen LogP contribution in [0.25, 0.3) is 11.1 Å². The summed E-state index contributed by atoms with van der Waals surface area (Å²) in [6.07, 6.45) is 0. The first-order valence-corrected chi connectivity index (χ1v) is 5.40. The maximum atomic E-state index is 13.8. The molecule has 0 unspecified atom stereocenters. The van der Waals surface area contributed by atoms with Gasteiger partial charge in [-0.3, -0.25) is 0 Å². The van der Waals surface area contributed by atoms with E-state index in [0.717, 1.165) is 0 Å². The van der Waals surface area contributed by atoms with Gasteiger partial charge in [0, 0.05) is 5.56 Å². The summed E-state index contributed by atoms with van der Waals surface area (Å²) < 4.78 is 20.6. The van der Waals surface area contributed by atoms with E-state index in [1.54, 1.807) is 12.1 Å². The van der Waals surface area contributed by atoms with Crippen molar-refractivity contribution in [1.29, 1.82) is 0 Å². The Balaban J connectivity index is 2.28. The minimum atomic E-state index is -1.20. The average Bonchev–Trinajstić information content (AvgIpc) is 2.89. The molecule has 0 aliphatic carbocycles. The zero-order chi connectivity index (χ0) is 12.7. The molecule has 0 bridgehead atoms. The van der Waals surface area contributed by atoms with Crippen molar-refractivity contribution >= 4 is 5.97 Å². The Labute approximate surface area is 101 Å². The van der Waals surface area contributed by atoms with Gasteiger partial charge in [-0.1, -0.05) is 18.2 Å². The predicted octanol–water partition coefficient (Wildman–Crippen LogP) is 1.78. The molecule has 1 N–H and O–H groups in total. The molecule has 0 saturated heterocycles. The van der Waals surface area contributed by atoms with Crippen LogP contribution in [-0.2, 0) is 6.54 Å². The third-order valence-corrected chi connectivity index (χ3v) is 2.79. The largest absolute Gasteiger partial charge is 0.476 e. The van der Waals surface area contributed by atoms with Crippen LogP contribution in [0.3, 0.4) is 0 Å². The summed E-state index contributed by atoms with van der Waals surface area (Å²) in [6.45, 7) is 0.897. The van der Waals surface area contributed by atoms with E-state index in [2.05, 4.69) is 5.10 Å². The van der Waals surface area contributed by atoms with Crippen molar-refractivity contribution in [2.45, 2.75) is 6.54 Å². The second-order valence-electron chi connectivity index (χ2n) is 3.89. The molecule has 0 radical (unpaired) electrons. The lowest BCUT2D eigenvalue weighted by Crippen LogP contribution is -2.04. The number of hydrogen-bond donors (Lipinski definition) is 1. The third kappa shape index (κ3) is 1.46. The molecular formula is C12H9FN2O3. The Morgan fingerprint density at radius 2 is 2.22 bits per heavy atom. The molecule has 2 heterocycles. The molecule has 0 fully saturated rings. The minimum Gasteiger partial charge on any atom is -0.476 e. The summed E-state index contributed by atoms with van der Waals surface area (Å²) in [5.74, 6) is -1.37. The quantitative estimate of drug-likeness (QED) is 0.879. The van der Waals surface area contributed by atoms with Gasteiger partial charge in [-0.15, -0.1) is 0 Å². The van der Waals surface area contributed by atoms with E-state index < -0.39 is 11.8 Å². The fourth-order valence-electron chi connectivity index (χ4n) is 2.03. The van der Waals surface area contributed by atoms with E-state index in [4.69, 9.17) is 9.84 Å². The number of benzene rings is 1. The number of nitrogens with zero attached hydrogens (tertiary/aromatic N) is 2. The molecule has 92 valence electrons. The fourth-order valence-corrected chi connectivity index (χ4v) is 2.03. The molecule has 0 atom stereocenters. The Hall–Kier alpha value is -2.37. The van der Waals surface area contributed by atoms with Gasteiger partial charge in [-0.2, -0.15) is 5.10 Å². The van der Waals surface area contributed by atoms with E-state index in [0.29, 0.717) is 19.0 Å². The molecule has 1 aromatic carbocycles. The van der Waals surface area contributed by atoms with Crippen LogP contribution in [0.1, 0.15) is 10.5 Å². The second-order valence-corrected chi connectivity index (χ2v) is 3.89. The van der Waals surface area contributed by atoms with Gasteiger partial charge in [0.25, 0.3) is 0 Å². The number of carboxylic acids is 1. The Morgan fingerprint density at radius 1 is 1.44 bits per heavy atom. The van der Waals surface area contributed by atoms with Crippen LogP contribution < -0.4 is 4.74 Å². The van der Waals surface area contributed by atoms with Gasteiger partial charge in [0.05, 0.1) is 12.1 Å². The molecule has 1 aliphatic rings. The summed E-state index contributed by atoms with van der Waals surface area (Å²) in [6, 6.07) is 5.98. The van der Waals surface area contributed by atoms with E-state index in [-0.39, 0.29) is 16.8 Å². The van der Waals surface area contributed by atoms with Crippen LogP contribution in [0.2, 0.25) is 0 Å². The first kappa shape index (κ1) is 10.8. The zero-order valence-corrected chi connectivity index (χ0v) is 9.26. The van der Waals surface area contributed by atoms with Crippen LogP contribution in [0.15, 0.2) is 24.3 Å². The molecule has 2 aromatic rings. The van der Waals surface area contributed by atoms with Crippen LogP contribution in [0, 0.1) is 5.82 Å². The highest BCUT2D eigenvalue weighted by atomic mass is 19.1. The average molecular weight is 248 g/mol. The summed E-state index contributed by atoms with van der Waals surface area (Å²) in [7, 11) is 0. The van der Waals surface area contributed by atoms with E-state index in [1.165, 1.54) is 16.8 Å². The van der Waals surface area contributed by atoms with Crippen LogP contribution >= 0.6 is 0 Å². The number of rotatable bonds is 2. The highest BCUT2D eigenvalue weighted by molar-refractivity contribution is 5.96. The maximum absolute atomic E-state index is 13.8. The van der Waals surface area contributed by atoms with Gasteiger partial charge in [0.15, 0.2) is 5.69 Å². The van der Waals surface area contributed by atoms with E-state index >= 15 is 0 Å². The standard InChI is InChI=1S/C12H9FN2O3/c13-8-4-2-1-3-7(8)9-10(12(16)17)14-15-5-6-18-11(9)15/h1-4H,5-6H2,(H,16,17). The van der Waals surface area contributed by atoms with Gasteiger partial charge >= 0.3 is 5.97 Å². The number of aromatic nitrogens is 2. The van der Waals surface area contributed by atoms with Crippen molar-refractivity contribution in [3.63, 3.8) is 0 Å². The van der Waals surface area contributed by atoms with Crippen molar-refractivity contribution in [1.82, 2.24) is 9.78 Å². The van der Waals surface area contributed by atoms with Gasteiger partial charge in [0.2, 0.25) is 5.88 Å². The molecule has 3 rings (SSSR count). The van der Waals surface area contributed by atoms with Gasteiger partial charge in [-0.05, 0) is 6.07 Å². The fraction of sp³-hybridized carbons (Fsp3) is 0.167. The minimum absolute atomic E-state index is 0.185. The summed E-state index contributed by atoms with van der Waals surface area (Å²) in [5.41, 5.74) is 0.214. The zero-order valence-electron chi connectivity index (χ0n) is 9.26. The van der Waals surface area contributed by atoms with E-state index in [1.807, 2.05) is 0 Å². The normalized spacial score (nSPS) is 13.2. The van der Waals surface area contributed by atoms with Gasteiger partial charge in [-0.25, -0.2) is 13.9 Å². The van der Waals surface area contributed by atoms with Gasteiger partial charge < -0.3 is 9.84 Å². The molecule has 5 nitrogen and oxygen atoms in total.